The van der Waals surface area contributed by atoms with Crippen LogP contribution in [0.1, 0.15) is 5.56 Å². The Morgan fingerprint density at radius 3 is 2.77 bits per heavy atom. The Hall–Kier alpha value is -1.06. The molecular weight excluding hydrogens is 168 g/mol. The average molecular weight is 181 g/mol. The van der Waals surface area contributed by atoms with E-state index in [2.05, 4.69) is 6.92 Å². The molecule has 0 fully saturated rings. The summed E-state index contributed by atoms with van der Waals surface area (Å²) in [6.07, 6.45) is -0.760. The minimum absolute atomic E-state index is 0.0638. The normalized spacial score (nSPS) is 12.5. The summed E-state index contributed by atoms with van der Waals surface area (Å²) in [5.41, 5.74) is 0.987. The number of benzene rings is 1. The number of rotatable bonds is 4. The second kappa shape index (κ2) is 4.84. The van der Waals surface area contributed by atoms with E-state index in [1.165, 1.54) is 0 Å². The summed E-state index contributed by atoms with van der Waals surface area (Å²) in [6.45, 7) is 5.32. The highest BCUT2D eigenvalue weighted by Gasteiger charge is 2.00. The van der Waals surface area contributed by atoms with Crippen LogP contribution in [0.15, 0.2) is 24.3 Å². The molecule has 0 heterocycles. The van der Waals surface area contributed by atoms with Gasteiger partial charge in [-0.3, -0.25) is 0 Å². The van der Waals surface area contributed by atoms with Gasteiger partial charge in [-0.1, -0.05) is 18.2 Å². The molecule has 1 unspecified atom stereocenters. The van der Waals surface area contributed by atoms with E-state index in [1.807, 2.05) is 25.1 Å². The van der Waals surface area contributed by atoms with Crippen LogP contribution in [0.3, 0.4) is 0 Å². The molecule has 71 valence electrons. The first-order valence-electron chi connectivity index (χ1n) is 4.06. The van der Waals surface area contributed by atoms with Gasteiger partial charge in [0, 0.05) is 0 Å². The molecule has 3 heteroatoms. The molecule has 13 heavy (non-hydrogen) atoms. The van der Waals surface area contributed by atoms with E-state index >= 15 is 0 Å². The van der Waals surface area contributed by atoms with Crippen molar-refractivity contribution in [2.75, 3.05) is 6.61 Å². The van der Waals surface area contributed by atoms with E-state index in [0.29, 0.717) is 5.75 Å². The van der Waals surface area contributed by atoms with E-state index < -0.39 is 6.10 Å². The first-order valence-corrected chi connectivity index (χ1v) is 4.06. The fourth-order valence-corrected chi connectivity index (χ4v) is 0.826. The third-order valence-corrected chi connectivity index (χ3v) is 1.50. The van der Waals surface area contributed by atoms with Gasteiger partial charge in [0.1, 0.15) is 6.61 Å². The highest BCUT2D eigenvalue weighted by molar-refractivity contribution is 5.31. The summed E-state index contributed by atoms with van der Waals surface area (Å²) in [4.78, 5) is 9.70. The van der Waals surface area contributed by atoms with Crippen molar-refractivity contribution in [1.82, 2.24) is 0 Å². The maximum Gasteiger partial charge on any atom is 0.168 e. The average Bonchev–Trinajstić information content (AvgIpc) is 2.08. The van der Waals surface area contributed by atoms with Crippen molar-refractivity contribution < 1.29 is 14.9 Å². The molecule has 1 aromatic carbocycles. The minimum Gasteiger partial charge on any atom is -0.391 e. The molecule has 1 radical (unpaired) electrons. The predicted octanol–water partition coefficient (Wildman–Crippen LogP) is 1.50. The molecule has 0 aliphatic carbocycles. The zero-order valence-electron chi connectivity index (χ0n) is 7.56. The fraction of sp³-hybridized carbons (Fsp3) is 0.300. The van der Waals surface area contributed by atoms with Crippen LogP contribution in [-0.2, 0) is 4.89 Å². The van der Waals surface area contributed by atoms with Crippen LogP contribution in [0.4, 0.5) is 0 Å². The molecule has 0 spiro atoms. The SMILES string of the molecule is [CH2]C(O)COOc1ccccc1C. The molecule has 0 aliphatic heterocycles. The number of aliphatic hydroxyl groups excluding tert-OH is 1. The van der Waals surface area contributed by atoms with E-state index in [9.17, 15) is 0 Å². The van der Waals surface area contributed by atoms with Gasteiger partial charge in [-0.2, -0.15) is 4.89 Å². The van der Waals surface area contributed by atoms with Crippen molar-refractivity contribution in [2.45, 2.75) is 13.0 Å². The molecule has 1 atom stereocenters. The van der Waals surface area contributed by atoms with Crippen molar-refractivity contribution in [3.05, 3.63) is 36.8 Å². The number of hydrogen-bond acceptors (Lipinski definition) is 3. The van der Waals surface area contributed by atoms with E-state index in [4.69, 9.17) is 14.9 Å². The predicted molar refractivity (Wildman–Crippen MR) is 49.1 cm³/mol. The minimum atomic E-state index is -0.760. The number of aryl methyl sites for hydroxylation is 1. The molecule has 0 aliphatic rings. The van der Waals surface area contributed by atoms with Crippen molar-refractivity contribution in [1.29, 1.82) is 0 Å². The summed E-state index contributed by atoms with van der Waals surface area (Å²) < 4.78 is 0. The van der Waals surface area contributed by atoms with Gasteiger partial charge in [-0.05, 0) is 25.5 Å². The summed E-state index contributed by atoms with van der Waals surface area (Å²) in [5, 5.41) is 8.78. The zero-order valence-corrected chi connectivity index (χ0v) is 7.56. The maximum atomic E-state index is 8.78. The van der Waals surface area contributed by atoms with Gasteiger partial charge in [-0.15, -0.1) is 0 Å². The molecule has 1 rings (SSSR count). The topological polar surface area (TPSA) is 38.7 Å². The fourth-order valence-electron chi connectivity index (χ4n) is 0.826. The standard InChI is InChI=1S/C10H13O3/c1-8-5-3-4-6-10(8)13-12-7-9(2)11/h3-6,9,11H,2,7H2,1H3. The van der Waals surface area contributed by atoms with Crippen molar-refractivity contribution in [3.8, 4) is 5.75 Å². The van der Waals surface area contributed by atoms with Crippen molar-refractivity contribution in [2.24, 2.45) is 0 Å². The maximum absolute atomic E-state index is 8.78. The van der Waals surface area contributed by atoms with Gasteiger partial charge in [0.2, 0.25) is 0 Å². The number of aliphatic hydroxyl groups is 1. The molecule has 0 saturated carbocycles. The van der Waals surface area contributed by atoms with E-state index in [1.54, 1.807) is 6.07 Å². The van der Waals surface area contributed by atoms with Gasteiger partial charge in [0.15, 0.2) is 5.75 Å². The van der Waals surface area contributed by atoms with E-state index in [-0.39, 0.29) is 6.61 Å². The summed E-state index contributed by atoms with van der Waals surface area (Å²) in [6, 6.07) is 7.48. The quantitative estimate of drug-likeness (QED) is 0.565. The lowest BCUT2D eigenvalue weighted by Gasteiger charge is -2.07. The molecule has 0 aromatic heterocycles. The highest BCUT2D eigenvalue weighted by Crippen LogP contribution is 2.16. The molecule has 1 aromatic rings. The van der Waals surface area contributed by atoms with Crippen LogP contribution in [0.2, 0.25) is 0 Å². The number of hydrogen-bond donors (Lipinski definition) is 1. The molecule has 0 bridgehead atoms. The molecule has 0 amide bonds. The van der Waals surface area contributed by atoms with Gasteiger partial charge in [-0.25, -0.2) is 0 Å². The van der Waals surface area contributed by atoms with Crippen LogP contribution in [-0.4, -0.2) is 17.8 Å². The lowest BCUT2D eigenvalue weighted by atomic mass is 10.2. The molecule has 3 nitrogen and oxygen atoms in total. The third kappa shape index (κ3) is 3.44. The Kier molecular flexibility index (Phi) is 3.73. The van der Waals surface area contributed by atoms with Gasteiger partial charge >= 0.3 is 0 Å². The van der Waals surface area contributed by atoms with Crippen molar-refractivity contribution in [3.63, 3.8) is 0 Å². The monoisotopic (exact) mass is 181 g/mol. The summed E-state index contributed by atoms with van der Waals surface area (Å²) in [5.74, 6) is 0.656. The van der Waals surface area contributed by atoms with Crippen LogP contribution in [0, 0.1) is 13.8 Å². The third-order valence-electron chi connectivity index (χ3n) is 1.50. The molecule has 0 saturated heterocycles. The van der Waals surface area contributed by atoms with Crippen LogP contribution in [0.5, 0.6) is 5.75 Å². The van der Waals surface area contributed by atoms with Gasteiger partial charge in [0.05, 0.1) is 6.10 Å². The largest absolute Gasteiger partial charge is 0.391 e. The summed E-state index contributed by atoms with van der Waals surface area (Å²) >= 11 is 0. The van der Waals surface area contributed by atoms with Crippen LogP contribution >= 0.6 is 0 Å². The lowest BCUT2D eigenvalue weighted by molar-refractivity contribution is -0.219. The molecular formula is C10H13O3. The zero-order chi connectivity index (χ0) is 9.68. The van der Waals surface area contributed by atoms with Crippen LogP contribution in [0.25, 0.3) is 0 Å². The molecule has 1 N–H and O–H groups in total. The Morgan fingerprint density at radius 1 is 1.46 bits per heavy atom. The number of para-hydroxylation sites is 1. The van der Waals surface area contributed by atoms with Gasteiger partial charge < -0.3 is 9.99 Å². The summed E-state index contributed by atoms with van der Waals surface area (Å²) in [7, 11) is 0. The smallest absolute Gasteiger partial charge is 0.168 e. The Balaban J connectivity index is 2.41. The first kappa shape index (κ1) is 10.0. The van der Waals surface area contributed by atoms with Gasteiger partial charge in [0.25, 0.3) is 0 Å². The Bertz CT molecular complexity index is 258. The Morgan fingerprint density at radius 2 is 2.15 bits per heavy atom. The lowest BCUT2D eigenvalue weighted by Crippen LogP contribution is -2.12. The second-order valence-electron chi connectivity index (χ2n) is 2.79. The Labute approximate surface area is 77.8 Å². The first-order chi connectivity index (χ1) is 6.20. The van der Waals surface area contributed by atoms with Crippen molar-refractivity contribution >= 4 is 0 Å². The van der Waals surface area contributed by atoms with E-state index in [0.717, 1.165) is 5.56 Å². The van der Waals surface area contributed by atoms with Crippen LogP contribution < -0.4 is 4.89 Å². The second-order valence-corrected chi connectivity index (χ2v) is 2.79. The highest BCUT2D eigenvalue weighted by atomic mass is 17.2.